The summed E-state index contributed by atoms with van der Waals surface area (Å²) in [7, 11) is 0. The molecule has 1 aliphatic carbocycles. The van der Waals surface area contributed by atoms with Crippen molar-refractivity contribution < 1.29 is 0 Å². The van der Waals surface area contributed by atoms with Crippen molar-refractivity contribution in [3.63, 3.8) is 0 Å². The summed E-state index contributed by atoms with van der Waals surface area (Å²) in [6, 6.07) is 10.6. The molecule has 2 heteroatoms. The van der Waals surface area contributed by atoms with Gasteiger partial charge in [0.1, 0.15) is 0 Å². The molecule has 0 amide bonds. The van der Waals surface area contributed by atoms with E-state index in [4.69, 9.17) is 0 Å². The van der Waals surface area contributed by atoms with Crippen molar-refractivity contribution >= 4 is 5.69 Å². The van der Waals surface area contributed by atoms with E-state index in [2.05, 4.69) is 48.3 Å². The maximum atomic E-state index is 3.49. The van der Waals surface area contributed by atoms with Crippen LogP contribution in [0.4, 0.5) is 5.69 Å². The van der Waals surface area contributed by atoms with E-state index in [1.807, 2.05) is 0 Å². The van der Waals surface area contributed by atoms with Gasteiger partial charge in [-0.3, -0.25) is 0 Å². The quantitative estimate of drug-likeness (QED) is 0.866. The van der Waals surface area contributed by atoms with Gasteiger partial charge in [-0.05, 0) is 49.3 Å². The Morgan fingerprint density at radius 1 is 1.05 bits per heavy atom. The summed E-state index contributed by atoms with van der Waals surface area (Å²) >= 11 is 0. The second-order valence-corrected chi connectivity index (χ2v) is 7.15. The normalized spacial score (nSPS) is 23.4. The molecule has 1 unspecified atom stereocenters. The summed E-state index contributed by atoms with van der Waals surface area (Å²) in [6.07, 6.45) is 8.60. The van der Waals surface area contributed by atoms with Gasteiger partial charge in [0.15, 0.2) is 0 Å². The third kappa shape index (κ3) is 3.60. The Kier molecular flexibility index (Phi) is 4.84. The monoisotopic (exact) mass is 286 g/mol. The van der Waals surface area contributed by atoms with Crippen LogP contribution in [0.1, 0.15) is 57.9 Å². The number of rotatable bonds is 5. The molecule has 1 saturated heterocycles. The van der Waals surface area contributed by atoms with Gasteiger partial charge in [0.25, 0.3) is 0 Å². The van der Waals surface area contributed by atoms with Crippen LogP contribution in [-0.4, -0.2) is 18.6 Å². The summed E-state index contributed by atoms with van der Waals surface area (Å²) in [5.74, 6) is 0.954. The van der Waals surface area contributed by atoms with Crippen LogP contribution in [0.15, 0.2) is 24.3 Å². The zero-order valence-electron chi connectivity index (χ0n) is 13.6. The predicted octanol–water partition coefficient (Wildman–Crippen LogP) is 4.34. The number of hydrogen-bond acceptors (Lipinski definition) is 2. The van der Waals surface area contributed by atoms with Crippen LogP contribution < -0.4 is 10.2 Å². The standard InChI is InChI=1S/C19H30N2/c1-15(2)20-14-16-9-11-18(12-10-16)21-13-5-8-19(21)17-6-3-4-7-17/h9-12,15,17,19-20H,3-8,13-14H2,1-2H3. The molecule has 0 aromatic heterocycles. The zero-order valence-corrected chi connectivity index (χ0v) is 13.6. The van der Waals surface area contributed by atoms with Crippen molar-refractivity contribution in [2.24, 2.45) is 5.92 Å². The van der Waals surface area contributed by atoms with Gasteiger partial charge < -0.3 is 10.2 Å². The first-order valence-electron chi connectivity index (χ1n) is 8.83. The first-order valence-corrected chi connectivity index (χ1v) is 8.83. The van der Waals surface area contributed by atoms with Gasteiger partial charge in [-0.2, -0.15) is 0 Å². The molecule has 21 heavy (non-hydrogen) atoms. The highest BCUT2D eigenvalue weighted by atomic mass is 15.2. The molecule has 2 nitrogen and oxygen atoms in total. The van der Waals surface area contributed by atoms with Crippen LogP contribution in [0, 0.1) is 5.92 Å². The SMILES string of the molecule is CC(C)NCc1ccc(N2CCCC2C2CCCC2)cc1. The molecule has 3 rings (SSSR count). The number of nitrogens with zero attached hydrogens (tertiary/aromatic N) is 1. The Morgan fingerprint density at radius 2 is 1.76 bits per heavy atom. The molecule has 2 fully saturated rings. The molecule has 1 aromatic rings. The lowest BCUT2D eigenvalue weighted by Gasteiger charge is -2.31. The van der Waals surface area contributed by atoms with Crippen molar-refractivity contribution in [3.05, 3.63) is 29.8 Å². The highest BCUT2D eigenvalue weighted by Crippen LogP contribution is 2.37. The Labute approximate surface area is 129 Å². The molecule has 0 radical (unpaired) electrons. The fourth-order valence-electron chi connectivity index (χ4n) is 4.07. The molecule has 1 aromatic carbocycles. The summed E-state index contributed by atoms with van der Waals surface area (Å²) in [5, 5.41) is 3.49. The number of anilines is 1. The number of benzene rings is 1. The molecular weight excluding hydrogens is 256 g/mol. The van der Waals surface area contributed by atoms with E-state index in [-0.39, 0.29) is 0 Å². The smallest absolute Gasteiger partial charge is 0.0369 e. The highest BCUT2D eigenvalue weighted by Gasteiger charge is 2.33. The predicted molar refractivity (Wildman–Crippen MR) is 90.7 cm³/mol. The van der Waals surface area contributed by atoms with Crippen molar-refractivity contribution in [1.82, 2.24) is 5.32 Å². The van der Waals surface area contributed by atoms with Gasteiger partial charge in [0, 0.05) is 30.9 Å². The Balaban J connectivity index is 1.65. The summed E-state index contributed by atoms with van der Waals surface area (Å²) < 4.78 is 0. The molecule has 1 aliphatic heterocycles. The van der Waals surface area contributed by atoms with E-state index in [0.717, 1.165) is 18.5 Å². The average Bonchev–Trinajstić information content (AvgIpc) is 3.16. The fourth-order valence-corrected chi connectivity index (χ4v) is 4.07. The molecular formula is C19H30N2. The zero-order chi connectivity index (χ0) is 14.7. The van der Waals surface area contributed by atoms with E-state index in [0.29, 0.717) is 6.04 Å². The van der Waals surface area contributed by atoms with Gasteiger partial charge in [-0.25, -0.2) is 0 Å². The van der Waals surface area contributed by atoms with E-state index < -0.39 is 0 Å². The summed E-state index contributed by atoms with van der Waals surface area (Å²) in [6.45, 7) is 6.63. The second-order valence-electron chi connectivity index (χ2n) is 7.15. The van der Waals surface area contributed by atoms with Gasteiger partial charge in [-0.15, -0.1) is 0 Å². The first kappa shape index (κ1) is 14.9. The lowest BCUT2D eigenvalue weighted by atomic mass is 9.95. The maximum Gasteiger partial charge on any atom is 0.0369 e. The van der Waals surface area contributed by atoms with Crippen molar-refractivity contribution in [2.45, 2.75) is 71.0 Å². The Morgan fingerprint density at radius 3 is 2.43 bits per heavy atom. The highest BCUT2D eigenvalue weighted by molar-refractivity contribution is 5.49. The van der Waals surface area contributed by atoms with Crippen LogP contribution in [0.5, 0.6) is 0 Å². The largest absolute Gasteiger partial charge is 0.368 e. The number of nitrogens with one attached hydrogen (secondary N) is 1. The number of hydrogen-bond donors (Lipinski definition) is 1. The second kappa shape index (κ2) is 6.83. The van der Waals surface area contributed by atoms with Crippen LogP contribution in [0.2, 0.25) is 0 Å². The van der Waals surface area contributed by atoms with Gasteiger partial charge in [-0.1, -0.05) is 38.8 Å². The lowest BCUT2D eigenvalue weighted by Crippen LogP contribution is -2.34. The molecule has 2 aliphatic rings. The lowest BCUT2D eigenvalue weighted by molar-refractivity contribution is 0.431. The van der Waals surface area contributed by atoms with E-state index in [1.54, 1.807) is 0 Å². The van der Waals surface area contributed by atoms with E-state index in [1.165, 1.54) is 56.3 Å². The van der Waals surface area contributed by atoms with Crippen molar-refractivity contribution in [1.29, 1.82) is 0 Å². The average molecular weight is 286 g/mol. The van der Waals surface area contributed by atoms with E-state index in [9.17, 15) is 0 Å². The molecule has 0 bridgehead atoms. The molecule has 1 saturated carbocycles. The summed E-state index contributed by atoms with van der Waals surface area (Å²) in [4.78, 5) is 2.69. The third-order valence-electron chi connectivity index (χ3n) is 5.23. The molecule has 0 spiro atoms. The maximum absolute atomic E-state index is 3.49. The minimum absolute atomic E-state index is 0.551. The van der Waals surface area contributed by atoms with Crippen LogP contribution in [-0.2, 0) is 6.54 Å². The molecule has 1 atom stereocenters. The van der Waals surface area contributed by atoms with Crippen molar-refractivity contribution in [2.75, 3.05) is 11.4 Å². The van der Waals surface area contributed by atoms with E-state index >= 15 is 0 Å². The topological polar surface area (TPSA) is 15.3 Å². The Bertz CT molecular complexity index is 431. The minimum atomic E-state index is 0.551. The van der Waals surface area contributed by atoms with Gasteiger partial charge in [0.05, 0.1) is 0 Å². The molecule has 1 heterocycles. The van der Waals surface area contributed by atoms with Crippen molar-refractivity contribution in [3.8, 4) is 0 Å². The van der Waals surface area contributed by atoms with Gasteiger partial charge in [0.2, 0.25) is 0 Å². The fraction of sp³-hybridized carbons (Fsp3) is 0.684. The minimum Gasteiger partial charge on any atom is -0.368 e. The molecule has 116 valence electrons. The van der Waals surface area contributed by atoms with Gasteiger partial charge >= 0.3 is 0 Å². The Hall–Kier alpha value is -1.02. The summed E-state index contributed by atoms with van der Waals surface area (Å²) in [5.41, 5.74) is 2.83. The van der Waals surface area contributed by atoms with Crippen LogP contribution in [0.3, 0.4) is 0 Å². The molecule has 1 N–H and O–H groups in total. The third-order valence-corrected chi connectivity index (χ3v) is 5.23. The van der Waals surface area contributed by atoms with Crippen LogP contribution >= 0.6 is 0 Å². The van der Waals surface area contributed by atoms with Crippen LogP contribution in [0.25, 0.3) is 0 Å². The first-order chi connectivity index (χ1) is 10.2.